The molecule has 1 saturated heterocycles. The summed E-state index contributed by atoms with van der Waals surface area (Å²) in [6.07, 6.45) is 2.24. The van der Waals surface area contributed by atoms with Crippen LogP contribution in [0.25, 0.3) is 0 Å². The van der Waals surface area contributed by atoms with Crippen molar-refractivity contribution >= 4 is 5.91 Å². The maximum absolute atomic E-state index is 11.9. The number of benzene rings is 1. The van der Waals surface area contributed by atoms with E-state index in [9.17, 15) is 9.90 Å². The first-order valence-electron chi connectivity index (χ1n) is 6.47. The first-order valence-corrected chi connectivity index (χ1v) is 6.47. The van der Waals surface area contributed by atoms with Crippen LogP contribution in [0.4, 0.5) is 0 Å². The molecule has 1 aliphatic heterocycles. The molecule has 1 heterocycles. The maximum atomic E-state index is 11.9. The summed E-state index contributed by atoms with van der Waals surface area (Å²) >= 11 is 0. The quantitative estimate of drug-likeness (QED) is 0.852. The molecule has 1 unspecified atom stereocenters. The largest absolute Gasteiger partial charge is 0.508 e. The van der Waals surface area contributed by atoms with Crippen molar-refractivity contribution in [3.05, 3.63) is 29.8 Å². The van der Waals surface area contributed by atoms with Crippen molar-refractivity contribution in [2.45, 2.75) is 25.8 Å². The normalized spacial score (nSPS) is 16.8. The Morgan fingerprint density at radius 1 is 1.44 bits per heavy atom. The lowest BCUT2D eigenvalue weighted by Gasteiger charge is -2.18. The second kappa shape index (κ2) is 5.87. The van der Waals surface area contributed by atoms with Crippen molar-refractivity contribution in [1.29, 1.82) is 0 Å². The van der Waals surface area contributed by atoms with Crippen molar-refractivity contribution in [1.82, 2.24) is 10.2 Å². The SMILES string of the molecule is CC(NCC(=O)N1CCCC1)c1cccc(O)c1. The topological polar surface area (TPSA) is 52.6 Å². The van der Waals surface area contributed by atoms with Crippen molar-refractivity contribution < 1.29 is 9.90 Å². The summed E-state index contributed by atoms with van der Waals surface area (Å²) in [6, 6.07) is 7.18. The molecule has 1 aromatic rings. The molecule has 1 aromatic carbocycles. The summed E-state index contributed by atoms with van der Waals surface area (Å²) in [7, 11) is 0. The van der Waals surface area contributed by atoms with E-state index >= 15 is 0 Å². The molecule has 0 radical (unpaired) electrons. The van der Waals surface area contributed by atoms with Crippen LogP contribution in [0.5, 0.6) is 5.75 Å². The third kappa shape index (κ3) is 3.23. The molecule has 0 saturated carbocycles. The van der Waals surface area contributed by atoms with Crippen LogP contribution in [0.2, 0.25) is 0 Å². The molecule has 1 atom stereocenters. The van der Waals surface area contributed by atoms with Crippen LogP contribution in [0.15, 0.2) is 24.3 Å². The molecule has 0 bridgehead atoms. The summed E-state index contributed by atoms with van der Waals surface area (Å²) in [6.45, 7) is 4.13. The highest BCUT2D eigenvalue weighted by atomic mass is 16.3. The Labute approximate surface area is 108 Å². The molecule has 18 heavy (non-hydrogen) atoms. The van der Waals surface area contributed by atoms with Crippen LogP contribution in [0.1, 0.15) is 31.4 Å². The molecule has 1 amide bonds. The lowest BCUT2D eigenvalue weighted by molar-refractivity contribution is -0.129. The first-order chi connectivity index (χ1) is 8.66. The average molecular weight is 248 g/mol. The standard InChI is InChI=1S/C14H20N2O2/c1-11(12-5-4-6-13(17)9-12)15-10-14(18)16-7-2-3-8-16/h4-6,9,11,15,17H,2-3,7-8,10H2,1H3. The van der Waals surface area contributed by atoms with Crippen LogP contribution >= 0.6 is 0 Å². The van der Waals surface area contributed by atoms with Crippen LogP contribution in [-0.2, 0) is 4.79 Å². The van der Waals surface area contributed by atoms with Crippen molar-refractivity contribution in [3.8, 4) is 5.75 Å². The third-order valence-electron chi connectivity index (χ3n) is 3.39. The Balaban J connectivity index is 1.84. The van der Waals surface area contributed by atoms with Gasteiger partial charge >= 0.3 is 0 Å². The van der Waals surface area contributed by atoms with Crippen molar-refractivity contribution in [3.63, 3.8) is 0 Å². The van der Waals surface area contributed by atoms with Gasteiger partial charge in [-0.3, -0.25) is 4.79 Å². The fourth-order valence-corrected chi connectivity index (χ4v) is 2.23. The van der Waals surface area contributed by atoms with Gasteiger partial charge in [-0.2, -0.15) is 0 Å². The van der Waals surface area contributed by atoms with Gasteiger partial charge in [0.05, 0.1) is 6.54 Å². The molecule has 0 aliphatic carbocycles. The van der Waals surface area contributed by atoms with Gasteiger partial charge in [0.1, 0.15) is 5.75 Å². The number of aromatic hydroxyl groups is 1. The maximum Gasteiger partial charge on any atom is 0.236 e. The third-order valence-corrected chi connectivity index (χ3v) is 3.39. The lowest BCUT2D eigenvalue weighted by atomic mass is 10.1. The second-order valence-electron chi connectivity index (χ2n) is 4.79. The molecule has 0 aromatic heterocycles. The van der Waals surface area contributed by atoms with Gasteiger partial charge in [0.25, 0.3) is 0 Å². The molecule has 1 fully saturated rings. The van der Waals surface area contributed by atoms with E-state index in [2.05, 4.69) is 5.32 Å². The highest BCUT2D eigenvalue weighted by Crippen LogP contribution is 2.17. The molecular weight excluding hydrogens is 228 g/mol. The number of carbonyl (C=O) groups is 1. The number of amides is 1. The van der Waals surface area contributed by atoms with Crippen molar-refractivity contribution in [2.24, 2.45) is 0 Å². The number of phenolic OH excluding ortho intramolecular Hbond substituents is 1. The predicted molar refractivity (Wildman–Crippen MR) is 70.3 cm³/mol. The Bertz CT molecular complexity index is 414. The predicted octanol–water partition coefficient (Wildman–Crippen LogP) is 1.67. The number of phenols is 1. The van der Waals surface area contributed by atoms with Gasteiger partial charge in [-0.05, 0) is 37.5 Å². The molecule has 98 valence electrons. The zero-order valence-corrected chi connectivity index (χ0v) is 10.7. The number of carbonyl (C=O) groups excluding carboxylic acids is 1. The molecule has 1 aliphatic rings. The minimum atomic E-state index is 0.0589. The molecule has 2 N–H and O–H groups in total. The second-order valence-corrected chi connectivity index (χ2v) is 4.79. The molecule has 2 rings (SSSR count). The summed E-state index contributed by atoms with van der Waals surface area (Å²) in [5.41, 5.74) is 0.990. The fraction of sp³-hybridized carbons (Fsp3) is 0.500. The van der Waals surface area contributed by atoms with Gasteiger partial charge < -0.3 is 15.3 Å². The van der Waals surface area contributed by atoms with E-state index in [4.69, 9.17) is 0 Å². The molecule has 4 nitrogen and oxygen atoms in total. The number of hydrogen-bond donors (Lipinski definition) is 2. The average Bonchev–Trinajstić information content (AvgIpc) is 2.89. The highest BCUT2D eigenvalue weighted by molar-refractivity contribution is 5.78. The summed E-state index contributed by atoms with van der Waals surface area (Å²) < 4.78 is 0. The lowest BCUT2D eigenvalue weighted by Crippen LogP contribution is -2.37. The van der Waals surface area contributed by atoms with E-state index in [1.54, 1.807) is 12.1 Å². The van der Waals surface area contributed by atoms with Crippen LogP contribution in [0.3, 0.4) is 0 Å². The minimum Gasteiger partial charge on any atom is -0.508 e. The molecule has 4 heteroatoms. The number of likely N-dealkylation sites (tertiary alicyclic amines) is 1. The number of rotatable bonds is 4. The van der Waals surface area contributed by atoms with Gasteiger partial charge in [-0.1, -0.05) is 12.1 Å². The van der Waals surface area contributed by atoms with E-state index in [0.717, 1.165) is 31.5 Å². The van der Waals surface area contributed by atoms with Gasteiger partial charge in [-0.15, -0.1) is 0 Å². The van der Waals surface area contributed by atoms with Crippen LogP contribution in [-0.4, -0.2) is 35.5 Å². The fourth-order valence-electron chi connectivity index (χ4n) is 2.23. The summed E-state index contributed by atoms with van der Waals surface area (Å²) in [4.78, 5) is 13.8. The van der Waals surface area contributed by atoms with E-state index in [1.807, 2.05) is 24.0 Å². The van der Waals surface area contributed by atoms with Gasteiger partial charge in [0.15, 0.2) is 0 Å². The van der Waals surface area contributed by atoms with E-state index in [1.165, 1.54) is 0 Å². The Hall–Kier alpha value is -1.55. The zero-order chi connectivity index (χ0) is 13.0. The summed E-state index contributed by atoms with van der Waals surface area (Å²) in [5, 5.41) is 12.6. The Morgan fingerprint density at radius 2 is 2.17 bits per heavy atom. The zero-order valence-electron chi connectivity index (χ0n) is 10.7. The highest BCUT2D eigenvalue weighted by Gasteiger charge is 2.18. The number of nitrogens with zero attached hydrogens (tertiary/aromatic N) is 1. The monoisotopic (exact) mass is 248 g/mol. The van der Waals surface area contributed by atoms with Crippen molar-refractivity contribution in [2.75, 3.05) is 19.6 Å². The summed E-state index contributed by atoms with van der Waals surface area (Å²) in [5.74, 6) is 0.423. The number of hydrogen-bond acceptors (Lipinski definition) is 3. The van der Waals surface area contributed by atoms with Gasteiger partial charge in [0, 0.05) is 19.1 Å². The number of nitrogens with one attached hydrogen (secondary N) is 1. The van der Waals surface area contributed by atoms with Gasteiger partial charge in [0.2, 0.25) is 5.91 Å². The van der Waals surface area contributed by atoms with Crippen LogP contribution < -0.4 is 5.32 Å². The Morgan fingerprint density at radius 3 is 2.83 bits per heavy atom. The molecule has 0 spiro atoms. The van der Waals surface area contributed by atoms with E-state index in [-0.39, 0.29) is 17.7 Å². The molecular formula is C14H20N2O2. The Kier molecular flexibility index (Phi) is 4.20. The van der Waals surface area contributed by atoms with E-state index in [0.29, 0.717) is 6.54 Å². The minimum absolute atomic E-state index is 0.0589. The van der Waals surface area contributed by atoms with Gasteiger partial charge in [-0.25, -0.2) is 0 Å². The first kappa shape index (κ1) is 12.9. The van der Waals surface area contributed by atoms with E-state index < -0.39 is 0 Å². The van der Waals surface area contributed by atoms with Crippen LogP contribution in [0, 0.1) is 0 Å². The smallest absolute Gasteiger partial charge is 0.236 e.